The van der Waals surface area contributed by atoms with Gasteiger partial charge in [0.1, 0.15) is 0 Å². The molecule has 0 bridgehead atoms. The molecule has 0 radical (unpaired) electrons. The fourth-order valence-electron chi connectivity index (χ4n) is 3.98. The van der Waals surface area contributed by atoms with Crippen LogP contribution in [0.4, 0.5) is 0 Å². The maximum absolute atomic E-state index is 3.86. The van der Waals surface area contributed by atoms with E-state index in [1.54, 1.807) is 0 Å². The lowest BCUT2D eigenvalue weighted by Gasteiger charge is -2.39. The van der Waals surface area contributed by atoms with Gasteiger partial charge in [-0.1, -0.05) is 33.6 Å². The summed E-state index contributed by atoms with van der Waals surface area (Å²) >= 11 is 0. The van der Waals surface area contributed by atoms with Crippen molar-refractivity contribution in [2.75, 3.05) is 19.6 Å². The SMILES string of the molecule is CCC(C(C)C)N1CCCNC2(CCCC2)C1. The second-order valence-corrected chi connectivity index (χ2v) is 6.46. The second kappa shape index (κ2) is 5.71. The van der Waals surface area contributed by atoms with Gasteiger partial charge < -0.3 is 5.32 Å². The van der Waals surface area contributed by atoms with Crippen LogP contribution in [0.2, 0.25) is 0 Å². The standard InChI is InChI=1S/C15H30N2/c1-4-14(13(2)3)17-11-7-10-16-15(12-17)8-5-6-9-15/h13-14,16H,4-12H2,1-3H3. The number of rotatable bonds is 3. The van der Waals surface area contributed by atoms with Gasteiger partial charge >= 0.3 is 0 Å². The van der Waals surface area contributed by atoms with Crippen LogP contribution in [-0.2, 0) is 0 Å². The summed E-state index contributed by atoms with van der Waals surface area (Å²) in [4.78, 5) is 2.79. The first kappa shape index (κ1) is 13.4. The van der Waals surface area contributed by atoms with Crippen molar-refractivity contribution in [2.24, 2.45) is 5.92 Å². The molecule has 1 heterocycles. The average Bonchev–Trinajstić information content (AvgIpc) is 2.62. The van der Waals surface area contributed by atoms with Crippen molar-refractivity contribution >= 4 is 0 Å². The summed E-state index contributed by atoms with van der Waals surface area (Å²) in [6.07, 6.45) is 8.29. The average molecular weight is 238 g/mol. The van der Waals surface area contributed by atoms with Gasteiger partial charge in [-0.3, -0.25) is 4.90 Å². The predicted molar refractivity (Wildman–Crippen MR) is 74.3 cm³/mol. The Morgan fingerprint density at radius 3 is 2.47 bits per heavy atom. The molecular weight excluding hydrogens is 208 g/mol. The zero-order chi connectivity index (χ0) is 12.3. The van der Waals surface area contributed by atoms with Crippen molar-refractivity contribution in [3.63, 3.8) is 0 Å². The Labute approximate surface area is 107 Å². The topological polar surface area (TPSA) is 15.3 Å². The second-order valence-electron chi connectivity index (χ2n) is 6.46. The van der Waals surface area contributed by atoms with Crippen LogP contribution in [0.3, 0.4) is 0 Å². The van der Waals surface area contributed by atoms with E-state index < -0.39 is 0 Å². The minimum Gasteiger partial charge on any atom is -0.310 e. The Morgan fingerprint density at radius 2 is 1.88 bits per heavy atom. The van der Waals surface area contributed by atoms with Crippen molar-refractivity contribution in [1.29, 1.82) is 0 Å². The fourth-order valence-corrected chi connectivity index (χ4v) is 3.98. The van der Waals surface area contributed by atoms with Crippen LogP contribution < -0.4 is 5.32 Å². The van der Waals surface area contributed by atoms with Gasteiger partial charge in [0.15, 0.2) is 0 Å². The molecule has 1 atom stereocenters. The number of hydrogen-bond acceptors (Lipinski definition) is 2. The molecule has 0 aromatic carbocycles. The molecule has 0 amide bonds. The molecule has 0 aromatic heterocycles. The van der Waals surface area contributed by atoms with E-state index >= 15 is 0 Å². The lowest BCUT2D eigenvalue weighted by Crippen LogP contribution is -2.52. The Morgan fingerprint density at radius 1 is 1.18 bits per heavy atom. The summed E-state index contributed by atoms with van der Waals surface area (Å²) in [7, 11) is 0. The maximum Gasteiger partial charge on any atom is 0.0308 e. The van der Waals surface area contributed by atoms with E-state index in [-0.39, 0.29) is 0 Å². The summed E-state index contributed by atoms with van der Waals surface area (Å²) in [5, 5.41) is 3.86. The highest BCUT2D eigenvalue weighted by atomic mass is 15.2. The van der Waals surface area contributed by atoms with Crippen molar-refractivity contribution in [2.45, 2.75) is 70.9 Å². The third-order valence-electron chi connectivity index (χ3n) is 4.85. The third-order valence-corrected chi connectivity index (χ3v) is 4.85. The van der Waals surface area contributed by atoms with E-state index in [9.17, 15) is 0 Å². The quantitative estimate of drug-likeness (QED) is 0.813. The van der Waals surface area contributed by atoms with Crippen LogP contribution in [0.1, 0.15) is 59.3 Å². The lowest BCUT2D eigenvalue weighted by atomic mass is 9.93. The fraction of sp³-hybridized carbons (Fsp3) is 1.00. The smallest absolute Gasteiger partial charge is 0.0308 e. The molecule has 1 aliphatic carbocycles. The Kier molecular flexibility index (Phi) is 4.48. The molecule has 1 aliphatic heterocycles. The predicted octanol–water partition coefficient (Wildman–Crippen LogP) is 3.03. The zero-order valence-corrected chi connectivity index (χ0v) is 12.0. The molecule has 2 fully saturated rings. The van der Waals surface area contributed by atoms with Crippen molar-refractivity contribution in [3.05, 3.63) is 0 Å². The normalized spacial score (nSPS) is 27.5. The Bertz CT molecular complexity index is 231. The van der Waals surface area contributed by atoms with Crippen molar-refractivity contribution in [3.8, 4) is 0 Å². The van der Waals surface area contributed by atoms with Gasteiger partial charge in [-0.2, -0.15) is 0 Å². The summed E-state index contributed by atoms with van der Waals surface area (Å²) < 4.78 is 0. The van der Waals surface area contributed by atoms with E-state index in [1.165, 1.54) is 58.2 Å². The third kappa shape index (κ3) is 3.03. The molecule has 2 nitrogen and oxygen atoms in total. The number of nitrogens with one attached hydrogen (secondary N) is 1. The first-order chi connectivity index (χ1) is 8.17. The van der Waals surface area contributed by atoms with Crippen molar-refractivity contribution in [1.82, 2.24) is 10.2 Å². The monoisotopic (exact) mass is 238 g/mol. The molecule has 1 spiro atoms. The van der Waals surface area contributed by atoms with E-state index in [1.807, 2.05) is 0 Å². The Hall–Kier alpha value is -0.0800. The Balaban J connectivity index is 2.05. The molecule has 2 rings (SSSR count). The first-order valence-corrected chi connectivity index (χ1v) is 7.66. The zero-order valence-electron chi connectivity index (χ0n) is 12.0. The largest absolute Gasteiger partial charge is 0.310 e. The highest BCUT2D eigenvalue weighted by Gasteiger charge is 2.38. The van der Waals surface area contributed by atoms with E-state index in [2.05, 4.69) is 31.0 Å². The van der Waals surface area contributed by atoms with Gasteiger partial charge in [0.2, 0.25) is 0 Å². The summed E-state index contributed by atoms with van der Waals surface area (Å²) in [5.74, 6) is 0.788. The van der Waals surface area contributed by atoms with Gasteiger partial charge in [0.25, 0.3) is 0 Å². The highest BCUT2D eigenvalue weighted by Crippen LogP contribution is 2.33. The summed E-state index contributed by atoms with van der Waals surface area (Å²) in [5.41, 5.74) is 0.471. The van der Waals surface area contributed by atoms with E-state index in [0.717, 1.165) is 12.0 Å². The summed E-state index contributed by atoms with van der Waals surface area (Å²) in [6.45, 7) is 10.9. The van der Waals surface area contributed by atoms with Crippen LogP contribution in [-0.4, -0.2) is 36.1 Å². The molecule has 1 saturated carbocycles. The summed E-state index contributed by atoms with van der Waals surface area (Å²) in [6, 6.07) is 0.785. The van der Waals surface area contributed by atoms with E-state index in [0.29, 0.717) is 5.54 Å². The van der Waals surface area contributed by atoms with Gasteiger partial charge in [-0.05, 0) is 44.7 Å². The highest BCUT2D eigenvalue weighted by molar-refractivity contribution is 4.98. The van der Waals surface area contributed by atoms with Crippen LogP contribution in [0.15, 0.2) is 0 Å². The molecule has 17 heavy (non-hydrogen) atoms. The van der Waals surface area contributed by atoms with Crippen LogP contribution in [0.25, 0.3) is 0 Å². The lowest BCUT2D eigenvalue weighted by molar-refractivity contribution is 0.121. The van der Waals surface area contributed by atoms with Crippen molar-refractivity contribution < 1.29 is 0 Å². The minimum absolute atomic E-state index is 0.471. The number of hydrogen-bond donors (Lipinski definition) is 1. The maximum atomic E-state index is 3.86. The van der Waals surface area contributed by atoms with Crippen LogP contribution >= 0.6 is 0 Å². The molecular formula is C15H30N2. The first-order valence-electron chi connectivity index (χ1n) is 7.66. The molecule has 2 aliphatic rings. The molecule has 0 aromatic rings. The van der Waals surface area contributed by atoms with Crippen LogP contribution in [0.5, 0.6) is 0 Å². The number of nitrogens with zero attached hydrogens (tertiary/aromatic N) is 1. The van der Waals surface area contributed by atoms with E-state index in [4.69, 9.17) is 0 Å². The van der Waals surface area contributed by atoms with Gasteiger partial charge in [-0.25, -0.2) is 0 Å². The van der Waals surface area contributed by atoms with Gasteiger partial charge in [0, 0.05) is 18.1 Å². The van der Waals surface area contributed by atoms with Gasteiger partial charge in [-0.15, -0.1) is 0 Å². The molecule has 100 valence electrons. The molecule has 1 N–H and O–H groups in total. The molecule has 2 heteroatoms. The van der Waals surface area contributed by atoms with Crippen LogP contribution in [0, 0.1) is 5.92 Å². The molecule has 1 saturated heterocycles. The minimum atomic E-state index is 0.471. The molecule has 1 unspecified atom stereocenters. The van der Waals surface area contributed by atoms with Gasteiger partial charge in [0.05, 0.1) is 0 Å².